The van der Waals surface area contributed by atoms with Crippen LogP contribution in [0.15, 0.2) is 24.3 Å². The summed E-state index contributed by atoms with van der Waals surface area (Å²) in [5, 5.41) is 12.8. The molecule has 8 nitrogen and oxygen atoms in total. The summed E-state index contributed by atoms with van der Waals surface area (Å²) in [6.07, 6.45) is 5.87. The van der Waals surface area contributed by atoms with Crippen LogP contribution in [0.5, 0.6) is 0 Å². The van der Waals surface area contributed by atoms with Gasteiger partial charge in [-0.3, -0.25) is 0 Å². The lowest BCUT2D eigenvalue weighted by Crippen LogP contribution is -2.53. The largest absolute Gasteiger partial charge is 0.365 e. The highest BCUT2D eigenvalue weighted by Gasteiger charge is 2.27. The third kappa shape index (κ3) is 4.71. The van der Waals surface area contributed by atoms with E-state index < -0.39 is 0 Å². The van der Waals surface area contributed by atoms with Gasteiger partial charge in [-0.05, 0) is 33.1 Å². The third-order valence-corrected chi connectivity index (χ3v) is 8.00. The zero-order chi connectivity index (χ0) is 23.7. The van der Waals surface area contributed by atoms with Crippen molar-refractivity contribution in [2.45, 2.75) is 65.0 Å². The fourth-order valence-electron chi connectivity index (χ4n) is 4.68. The molecule has 5 rings (SSSR count). The number of urea groups is 1. The monoisotopic (exact) mass is 481 g/mol. The Bertz CT molecular complexity index is 1120. The first kappa shape index (κ1) is 23.0. The van der Waals surface area contributed by atoms with E-state index in [0.29, 0.717) is 19.1 Å². The molecule has 182 valence electrons. The van der Waals surface area contributed by atoms with Gasteiger partial charge in [-0.25, -0.2) is 9.78 Å². The van der Waals surface area contributed by atoms with Gasteiger partial charge in [0.2, 0.25) is 10.1 Å². The van der Waals surface area contributed by atoms with Crippen LogP contribution in [0.1, 0.15) is 51.5 Å². The first-order valence-electron chi connectivity index (χ1n) is 12.6. The Morgan fingerprint density at radius 3 is 2.53 bits per heavy atom. The maximum Gasteiger partial charge on any atom is 0.317 e. The number of imidazole rings is 1. The number of aromatic nitrogens is 3. The van der Waals surface area contributed by atoms with Crippen molar-refractivity contribution in [3.63, 3.8) is 0 Å². The quantitative estimate of drug-likeness (QED) is 0.531. The topological polar surface area (TPSA) is 77.8 Å². The molecule has 1 aromatic carbocycles. The van der Waals surface area contributed by atoms with E-state index in [1.165, 1.54) is 31.2 Å². The molecule has 0 spiro atoms. The molecule has 1 saturated heterocycles. The number of piperazine rings is 1. The van der Waals surface area contributed by atoms with Gasteiger partial charge < -0.3 is 20.4 Å². The van der Waals surface area contributed by atoms with Crippen LogP contribution in [-0.4, -0.2) is 63.8 Å². The molecule has 2 fully saturated rings. The number of hydrogen-bond donors (Lipinski definition) is 2. The second-order valence-electron chi connectivity index (χ2n) is 9.61. The van der Waals surface area contributed by atoms with E-state index in [1.54, 1.807) is 11.3 Å². The highest BCUT2D eigenvalue weighted by Crippen LogP contribution is 2.35. The van der Waals surface area contributed by atoms with Crippen LogP contribution >= 0.6 is 11.3 Å². The second-order valence-corrected chi connectivity index (χ2v) is 10.5. The lowest BCUT2D eigenvalue weighted by molar-refractivity contribution is 0.190. The Morgan fingerprint density at radius 2 is 1.85 bits per heavy atom. The summed E-state index contributed by atoms with van der Waals surface area (Å²) in [6, 6.07) is 9.27. The zero-order valence-corrected chi connectivity index (χ0v) is 21.2. The van der Waals surface area contributed by atoms with Crippen LogP contribution in [0, 0.1) is 6.92 Å². The molecule has 0 unspecified atom stereocenters. The number of rotatable bonds is 6. The molecular weight excluding hydrogens is 446 g/mol. The molecule has 3 heterocycles. The summed E-state index contributed by atoms with van der Waals surface area (Å²) in [7, 11) is 0. The summed E-state index contributed by atoms with van der Waals surface area (Å²) in [4.78, 5) is 22.6. The van der Waals surface area contributed by atoms with Crippen molar-refractivity contribution in [2.75, 3.05) is 36.4 Å². The molecule has 2 amide bonds. The number of nitrogens with zero attached hydrogens (tertiary/aromatic N) is 5. The fourth-order valence-corrected chi connectivity index (χ4v) is 5.63. The van der Waals surface area contributed by atoms with Crippen LogP contribution in [0.3, 0.4) is 0 Å². The fraction of sp³-hybridized carbons (Fsp3) is 0.560. The maximum atomic E-state index is 12.5. The summed E-state index contributed by atoms with van der Waals surface area (Å²) in [5.74, 6) is 1.000. The molecule has 2 aliphatic rings. The van der Waals surface area contributed by atoms with Gasteiger partial charge in [0.25, 0.3) is 0 Å². The van der Waals surface area contributed by atoms with Gasteiger partial charge in [-0.2, -0.15) is 4.52 Å². The van der Waals surface area contributed by atoms with Gasteiger partial charge in [0.05, 0.1) is 0 Å². The van der Waals surface area contributed by atoms with Crippen molar-refractivity contribution in [1.29, 1.82) is 0 Å². The standard InChI is InChI=1S/C25H35N7OS/c1-4-18(3)26-23(33)30-13-15-31(16-14-30)25-29-32-22(27-20-7-5-6-8-20)21(28-24(32)34-25)19-11-9-17(2)10-12-19/h9-12,18,20,27H,4-8,13-16H2,1-3H3,(H,26,33)/t18-/m1/s1. The Kier molecular flexibility index (Phi) is 6.63. The van der Waals surface area contributed by atoms with E-state index in [-0.39, 0.29) is 12.1 Å². The van der Waals surface area contributed by atoms with Crippen molar-refractivity contribution in [3.8, 4) is 11.3 Å². The SMILES string of the molecule is CC[C@@H](C)NC(=O)N1CCN(c2nn3c(NC4CCCC4)c(-c4ccc(C)cc4)nc3s2)CC1. The Morgan fingerprint density at radius 1 is 1.15 bits per heavy atom. The van der Waals surface area contributed by atoms with E-state index in [4.69, 9.17) is 10.1 Å². The molecular formula is C25H35N7OS. The van der Waals surface area contributed by atoms with Crippen LogP contribution in [0.25, 0.3) is 16.2 Å². The minimum absolute atomic E-state index is 0.0359. The average Bonchev–Trinajstić information content (AvgIpc) is 3.58. The van der Waals surface area contributed by atoms with Crippen LogP contribution in [0.4, 0.5) is 15.7 Å². The maximum absolute atomic E-state index is 12.5. The molecule has 2 aromatic heterocycles. The Labute approximate surface area is 205 Å². The van der Waals surface area contributed by atoms with Gasteiger partial charge in [0.15, 0.2) is 5.82 Å². The second kappa shape index (κ2) is 9.82. The molecule has 34 heavy (non-hydrogen) atoms. The summed E-state index contributed by atoms with van der Waals surface area (Å²) in [5.41, 5.74) is 3.34. The van der Waals surface area contributed by atoms with E-state index >= 15 is 0 Å². The highest BCUT2D eigenvalue weighted by atomic mass is 32.1. The molecule has 0 radical (unpaired) electrons. The predicted octanol–water partition coefficient (Wildman–Crippen LogP) is 4.75. The summed E-state index contributed by atoms with van der Waals surface area (Å²) < 4.78 is 2.00. The number of carbonyl (C=O) groups is 1. The summed E-state index contributed by atoms with van der Waals surface area (Å²) in [6.45, 7) is 9.19. The van der Waals surface area contributed by atoms with Crippen molar-refractivity contribution < 1.29 is 4.79 Å². The highest BCUT2D eigenvalue weighted by molar-refractivity contribution is 7.20. The number of hydrogen-bond acceptors (Lipinski definition) is 6. The van der Waals surface area contributed by atoms with Gasteiger partial charge in [-0.1, -0.05) is 60.9 Å². The van der Waals surface area contributed by atoms with Crippen LogP contribution in [0.2, 0.25) is 0 Å². The van der Waals surface area contributed by atoms with E-state index in [2.05, 4.69) is 53.6 Å². The van der Waals surface area contributed by atoms with Gasteiger partial charge in [0, 0.05) is 43.8 Å². The first-order chi connectivity index (χ1) is 16.5. The lowest BCUT2D eigenvalue weighted by Gasteiger charge is -2.34. The van der Waals surface area contributed by atoms with E-state index in [9.17, 15) is 4.79 Å². The molecule has 3 aromatic rings. The predicted molar refractivity (Wildman–Crippen MR) is 139 cm³/mol. The Hall–Kier alpha value is -2.81. The number of benzene rings is 1. The molecule has 9 heteroatoms. The van der Waals surface area contributed by atoms with Crippen LogP contribution < -0.4 is 15.5 Å². The minimum Gasteiger partial charge on any atom is -0.365 e. The molecule has 2 N–H and O–H groups in total. The average molecular weight is 482 g/mol. The van der Waals surface area contributed by atoms with Crippen molar-refractivity contribution in [2.24, 2.45) is 0 Å². The van der Waals surface area contributed by atoms with Crippen molar-refractivity contribution in [1.82, 2.24) is 24.8 Å². The number of fused-ring (bicyclic) bond motifs is 1. The molecule has 1 aliphatic heterocycles. The van der Waals surface area contributed by atoms with Crippen molar-refractivity contribution >= 4 is 33.3 Å². The van der Waals surface area contributed by atoms with Gasteiger partial charge in [-0.15, -0.1) is 5.10 Å². The van der Waals surface area contributed by atoms with Gasteiger partial charge in [0.1, 0.15) is 5.69 Å². The number of aryl methyl sites for hydroxylation is 1. The van der Waals surface area contributed by atoms with Crippen LogP contribution in [-0.2, 0) is 0 Å². The third-order valence-electron chi connectivity index (χ3n) is 7.03. The molecule has 0 bridgehead atoms. The van der Waals surface area contributed by atoms with E-state index in [1.807, 2.05) is 16.3 Å². The van der Waals surface area contributed by atoms with Gasteiger partial charge >= 0.3 is 6.03 Å². The smallest absolute Gasteiger partial charge is 0.317 e. The lowest BCUT2D eigenvalue weighted by atomic mass is 10.1. The Balaban J connectivity index is 1.36. The molecule has 1 atom stereocenters. The minimum atomic E-state index is 0.0359. The normalized spacial score (nSPS) is 18.0. The number of anilines is 2. The number of carbonyl (C=O) groups excluding carboxylic acids is 1. The molecule has 1 aliphatic carbocycles. The zero-order valence-electron chi connectivity index (χ0n) is 20.4. The number of nitrogens with one attached hydrogen (secondary N) is 2. The summed E-state index contributed by atoms with van der Waals surface area (Å²) >= 11 is 1.63. The first-order valence-corrected chi connectivity index (χ1v) is 13.4. The number of amides is 2. The van der Waals surface area contributed by atoms with Crippen molar-refractivity contribution in [3.05, 3.63) is 29.8 Å². The molecule has 1 saturated carbocycles. The van der Waals surface area contributed by atoms with E-state index in [0.717, 1.165) is 46.7 Å².